The molecule has 1 saturated heterocycles. The van der Waals surface area contributed by atoms with Gasteiger partial charge in [0, 0.05) is 24.9 Å². The Hall–Kier alpha value is -1.51. The van der Waals surface area contributed by atoms with Crippen LogP contribution >= 0.6 is 11.3 Å². The summed E-state index contributed by atoms with van der Waals surface area (Å²) in [6, 6.07) is 6.70. The SMILES string of the molecule is CCOc1ccc(S(=O)(=O)N2CCCC(c3nnc(C4CCCC4)s3)C2)cc1. The minimum atomic E-state index is -3.51. The highest BCUT2D eigenvalue weighted by molar-refractivity contribution is 7.89. The summed E-state index contributed by atoms with van der Waals surface area (Å²) < 4.78 is 33.2. The molecule has 0 N–H and O–H groups in total. The first kappa shape index (κ1) is 19.8. The largest absolute Gasteiger partial charge is 0.494 e. The third-order valence-corrected chi connectivity index (χ3v) is 8.79. The molecule has 1 aromatic heterocycles. The fraction of sp³-hybridized carbons (Fsp3) is 0.600. The van der Waals surface area contributed by atoms with E-state index in [0.717, 1.165) is 22.9 Å². The summed E-state index contributed by atoms with van der Waals surface area (Å²) in [4.78, 5) is 0.320. The molecule has 2 aliphatic rings. The minimum absolute atomic E-state index is 0.138. The number of hydrogen-bond donors (Lipinski definition) is 0. The van der Waals surface area contributed by atoms with Gasteiger partial charge in [0.25, 0.3) is 0 Å². The van der Waals surface area contributed by atoms with Gasteiger partial charge in [-0.3, -0.25) is 0 Å². The normalized spacial score (nSPS) is 21.8. The van der Waals surface area contributed by atoms with Crippen LogP contribution in [0.1, 0.15) is 67.3 Å². The number of sulfonamides is 1. The van der Waals surface area contributed by atoms with Gasteiger partial charge in [-0.2, -0.15) is 4.31 Å². The van der Waals surface area contributed by atoms with E-state index >= 15 is 0 Å². The highest BCUT2D eigenvalue weighted by Gasteiger charge is 2.33. The van der Waals surface area contributed by atoms with Gasteiger partial charge in [0.2, 0.25) is 10.0 Å². The average Bonchev–Trinajstić information content (AvgIpc) is 3.41. The maximum absolute atomic E-state index is 13.1. The fourth-order valence-electron chi connectivity index (χ4n) is 4.14. The van der Waals surface area contributed by atoms with E-state index in [1.807, 2.05) is 6.92 Å². The van der Waals surface area contributed by atoms with Crippen molar-refractivity contribution in [1.29, 1.82) is 0 Å². The number of nitrogens with zero attached hydrogens (tertiary/aromatic N) is 3. The number of rotatable bonds is 6. The molecule has 6 nitrogen and oxygen atoms in total. The van der Waals surface area contributed by atoms with Gasteiger partial charge in [0.1, 0.15) is 15.8 Å². The van der Waals surface area contributed by atoms with Gasteiger partial charge >= 0.3 is 0 Å². The summed E-state index contributed by atoms with van der Waals surface area (Å²) >= 11 is 1.69. The zero-order chi connectivity index (χ0) is 19.6. The van der Waals surface area contributed by atoms with Gasteiger partial charge in [-0.1, -0.05) is 12.8 Å². The Morgan fingerprint density at radius 2 is 1.68 bits per heavy atom. The second-order valence-corrected chi connectivity index (χ2v) is 10.5. The second kappa shape index (κ2) is 8.47. The topological polar surface area (TPSA) is 72.4 Å². The molecule has 152 valence electrons. The quantitative estimate of drug-likeness (QED) is 0.700. The Labute approximate surface area is 171 Å². The summed E-state index contributed by atoms with van der Waals surface area (Å²) in [5.41, 5.74) is 0. The first-order valence-electron chi connectivity index (χ1n) is 10.1. The van der Waals surface area contributed by atoms with Crippen LogP contribution in [0.15, 0.2) is 29.2 Å². The van der Waals surface area contributed by atoms with Crippen LogP contribution in [0.25, 0.3) is 0 Å². The molecule has 28 heavy (non-hydrogen) atoms. The zero-order valence-corrected chi connectivity index (χ0v) is 17.8. The van der Waals surface area contributed by atoms with Crippen molar-refractivity contribution in [3.05, 3.63) is 34.3 Å². The second-order valence-electron chi connectivity index (χ2n) is 7.57. The first-order chi connectivity index (χ1) is 13.6. The zero-order valence-electron chi connectivity index (χ0n) is 16.2. The third-order valence-electron chi connectivity index (χ3n) is 5.67. The number of hydrogen-bond acceptors (Lipinski definition) is 6. The lowest BCUT2D eigenvalue weighted by Crippen LogP contribution is -2.39. The highest BCUT2D eigenvalue weighted by Crippen LogP contribution is 2.38. The molecule has 0 spiro atoms. The molecule has 1 aromatic carbocycles. The van der Waals surface area contributed by atoms with Crippen LogP contribution in [0.5, 0.6) is 5.75 Å². The molecule has 0 amide bonds. The lowest BCUT2D eigenvalue weighted by molar-refractivity contribution is 0.314. The smallest absolute Gasteiger partial charge is 0.243 e. The van der Waals surface area contributed by atoms with E-state index in [4.69, 9.17) is 4.74 Å². The van der Waals surface area contributed by atoms with Gasteiger partial charge in [0.05, 0.1) is 11.5 Å². The molecule has 0 radical (unpaired) electrons. The van der Waals surface area contributed by atoms with E-state index in [-0.39, 0.29) is 5.92 Å². The number of benzene rings is 1. The number of ether oxygens (including phenoxy) is 1. The van der Waals surface area contributed by atoms with E-state index < -0.39 is 10.0 Å². The van der Waals surface area contributed by atoms with Crippen molar-refractivity contribution >= 4 is 21.4 Å². The Bertz CT molecular complexity index is 890. The maximum Gasteiger partial charge on any atom is 0.243 e. The van der Waals surface area contributed by atoms with Crippen molar-refractivity contribution in [2.24, 2.45) is 0 Å². The van der Waals surface area contributed by atoms with E-state index in [0.29, 0.717) is 36.3 Å². The van der Waals surface area contributed by atoms with Crippen LogP contribution in [-0.4, -0.2) is 42.6 Å². The summed E-state index contributed by atoms with van der Waals surface area (Å²) in [5.74, 6) is 1.38. The predicted octanol–water partition coefficient (Wildman–Crippen LogP) is 4.16. The molecule has 1 unspecified atom stereocenters. The van der Waals surface area contributed by atoms with Crippen molar-refractivity contribution < 1.29 is 13.2 Å². The molecule has 8 heteroatoms. The highest BCUT2D eigenvalue weighted by atomic mass is 32.2. The van der Waals surface area contributed by atoms with Gasteiger partial charge in [-0.05, 0) is 56.9 Å². The van der Waals surface area contributed by atoms with Gasteiger partial charge in [-0.15, -0.1) is 21.5 Å². The fourth-order valence-corrected chi connectivity index (χ4v) is 6.80. The molecule has 2 fully saturated rings. The van der Waals surface area contributed by atoms with E-state index in [2.05, 4.69) is 10.2 Å². The molecule has 1 atom stereocenters. The van der Waals surface area contributed by atoms with Crippen LogP contribution < -0.4 is 4.74 Å². The molecule has 1 aliphatic carbocycles. The molecule has 1 aliphatic heterocycles. The van der Waals surface area contributed by atoms with Gasteiger partial charge in [-0.25, -0.2) is 8.42 Å². The van der Waals surface area contributed by atoms with Crippen LogP contribution in [0, 0.1) is 0 Å². The third kappa shape index (κ3) is 4.09. The summed E-state index contributed by atoms with van der Waals surface area (Å²) in [5, 5.41) is 11.0. The van der Waals surface area contributed by atoms with Crippen molar-refractivity contribution in [1.82, 2.24) is 14.5 Å². The Balaban J connectivity index is 1.48. The lowest BCUT2D eigenvalue weighted by Gasteiger charge is -2.30. The average molecular weight is 422 g/mol. The maximum atomic E-state index is 13.1. The molecule has 4 rings (SSSR count). The Morgan fingerprint density at radius 3 is 2.36 bits per heavy atom. The molecule has 2 heterocycles. The van der Waals surface area contributed by atoms with E-state index in [9.17, 15) is 8.42 Å². The Morgan fingerprint density at radius 1 is 1.04 bits per heavy atom. The van der Waals surface area contributed by atoms with Crippen molar-refractivity contribution in [3.8, 4) is 5.75 Å². The lowest BCUT2D eigenvalue weighted by atomic mass is 10.0. The van der Waals surface area contributed by atoms with Gasteiger partial charge < -0.3 is 4.74 Å². The number of piperidine rings is 1. The van der Waals surface area contributed by atoms with E-state index in [1.165, 1.54) is 25.7 Å². The molecule has 1 saturated carbocycles. The van der Waals surface area contributed by atoms with Crippen LogP contribution in [0.3, 0.4) is 0 Å². The van der Waals surface area contributed by atoms with Gasteiger partial charge in [0.15, 0.2) is 0 Å². The molecular formula is C20H27N3O3S2. The Kier molecular flexibility index (Phi) is 5.99. The van der Waals surface area contributed by atoms with Crippen molar-refractivity contribution in [3.63, 3.8) is 0 Å². The first-order valence-corrected chi connectivity index (χ1v) is 12.4. The van der Waals surface area contributed by atoms with Crippen LogP contribution in [0.2, 0.25) is 0 Å². The van der Waals surface area contributed by atoms with Crippen LogP contribution in [-0.2, 0) is 10.0 Å². The van der Waals surface area contributed by atoms with Crippen molar-refractivity contribution in [2.75, 3.05) is 19.7 Å². The summed E-state index contributed by atoms with van der Waals surface area (Å²) in [6.45, 7) is 3.50. The van der Waals surface area contributed by atoms with E-state index in [1.54, 1.807) is 39.9 Å². The predicted molar refractivity (Wildman–Crippen MR) is 109 cm³/mol. The minimum Gasteiger partial charge on any atom is -0.494 e. The van der Waals surface area contributed by atoms with Crippen LogP contribution in [0.4, 0.5) is 0 Å². The monoisotopic (exact) mass is 421 g/mol. The molecule has 0 bridgehead atoms. The molecular weight excluding hydrogens is 394 g/mol. The van der Waals surface area contributed by atoms with Crippen molar-refractivity contribution in [2.45, 2.75) is 62.2 Å². The molecule has 2 aromatic rings. The standard InChI is InChI=1S/C20H27N3O3S2/c1-2-26-17-9-11-18(12-10-17)28(24,25)23-13-5-8-16(14-23)20-22-21-19(27-20)15-6-3-4-7-15/h9-12,15-16H,2-8,13-14H2,1H3. The number of aromatic nitrogens is 2. The summed E-state index contributed by atoms with van der Waals surface area (Å²) in [7, 11) is -3.51. The summed E-state index contributed by atoms with van der Waals surface area (Å²) in [6.07, 6.45) is 6.77.